The van der Waals surface area contributed by atoms with E-state index in [4.69, 9.17) is 0 Å². The molecule has 0 aliphatic carbocycles. The molecule has 2 atom stereocenters. The monoisotopic (exact) mass is 643 g/mol. The molecule has 3 fully saturated rings. The molecule has 46 heavy (non-hydrogen) atoms. The van der Waals surface area contributed by atoms with Gasteiger partial charge in [-0.15, -0.1) is 11.8 Å². The number of thioether (sulfide) groups is 1. The van der Waals surface area contributed by atoms with Crippen LogP contribution in [0.1, 0.15) is 69.4 Å². The van der Waals surface area contributed by atoms with Gasteiger partial charge in [0.25, 0.3) is 0 Å². The minimum absolute atomic E-state index is 0.0429. The number of benzene rings is 2. The zero-order chi connectivity index (χ0) is 32.4. The van der Waals surface area contributed by atoms with Crippen LogP contribution in [0.25, 0.3) is 5.57 Å². The number of likely N-dealkylation sites (tertiary alicyclic amines) is 1. The highest BCUT2D eigenvalue weighted by molar-refractivity contribution is 8.01. The maximum atomic E-state index is 14.0. The minimum atomic E-state index is -0.396. The van der Waals surface area contributed by atoms with E-state index >= 15 is 0 Å². The van der Waals surface area contributed by atoms with E-state index in [1.807, 2.05) is 51.2 Å². The van der Waals surface area contributed by atoms with Gasteiger partial charge >= 0.3 is 0 Å². The van der Waals surface area contributed by atoms with Crippen molar-refractivity contribution in [3.05, 3.63) is 71.9 Å². The van der Waals surface area contributed by atoms with E-state index < -0.39 is 5.25 Å². The average Bonchev–Trinajstić information content (AvgIpc) is 3.59. The van der Waals surface area contributed by atoms with Crippen LogP contribution in [0.2, 0.25) is 0 Å². The van der Waals surface area contributed by atoms with Crippen molar-refractivity contribution in [1.82, 2.24) is 19.6 Å². The van der Waals surface area contributed by atoms with Crippen molar-refractivity contribution >= 4 is 40.7 Å². The number of likely N-dealkylation sites (N-methyl/N-ethyl adjacent to an activating group) is 1. The molecule has 4 aliphatic rings. The molecule has 3 amide bonds. The van der Waals surface area contributed by atoms with Crippen molar-refractivity contribution in [2.75, 3.05) is 57.8 Å². The number of para-hydroxylation sites is 1. The van der Waals surface area contributed by atoms with Crippen molar-refractivity contribution in [2.45, 2.75) is 69.5 Å². The van der Waals surface area contributed by atoms with E-state index in [0.717, 1.165) is 56.6 Å². The summed E-state index contributed by atoms with van der Waals surface area (Å²) in [6.07, 6.45) is 5.06. The fourth-order valence-corrected chi connectivity index (χ4v) is 8.54. The van der Waals surface area contributed by atoms with Gasteiger partial charge in [-0.2, -0.15) is 0 Å². The molecule has 4 heterocycles. The lowest BCUT2D eigenvalue weighted by Crippen LogP contribution is -2.46. The highest BCUT2D eigenvalue weighted by Gasteiger charge is 2.44. The number of piperidine rings is 1. The number of amides is 3. The van der Waals surface area contributed by atoms with Crippen molar-refractivity contribution in [3.63, 3.8) is 0 Å². The minimum Gasteiger partial charge on any atom is -0.369 e. The first-order valence-electron chi connectivity index (χ1n) is 16.9. The molecule has 2 aromatic rings. The van der Waals surface area contributed by atoms with E-state index in [1.165, 1.54) is 11.3 Å². The van der Waals surface area contributed by atoms with E-state index in [0.29, 0.717) is 26.1 Å². The summed E-state index contributed by atoms with van der Waals surface area (Å²) >= 11 is 1.65. The number of hydrogen-bond donors (Lipinski definition) is 0. The Morgan fingerprint density at radius 2 is 1.57 bits per heavy atom. The van der Waals surface area contributed by atoms with Gasteiger partial charge in [0, 0.05) is 75.7 Å². The third-order valence-corrected chi connectivity index (χ3v) is 11.4. The number of anilines is 1. The highest BCUT2D eigenvalue weighted by atomic mass is 32.2. The lowest BCUT2D eigenvalue weighted by Gasteiger charge is -2.37. The van der Waals surface area contributed by atoms with Crippen molar-refractivity contribution in [3.8, 4) is 0 Å². The zero-order valence-electron chi connectivity index (χ0n) is 27.9. The predicted octanol–water partition coefficient (Wildman–Crippen LogP) is 5.47. The van der Waals surface area contributed by atoms with Gasteiger partial charge in [-0.05, 0) is 48.9 Å². The second kappa shape index (κ2) is 13.8. The summed E-state index contributed by atoms with van der Waals surface area (Å²) in [4.78, 5) is 51.3. The van der Waals surface area contributed by atoms with Gasteiger partial charge in [-0.3, -0.25) is 14.4 Å². The molecule has 0 N–H and O–H groups in total. The Labute approximate surface area is 278 Å². The molecular formula is C37H49N5O3S. The summed E-state index contributed by atoms with van der Waals surface area (Å²) in [5.41, 5.74) is 4.62. The maximum absolute atomic E-state index is 14.0. The molecule has 2 aromatic carbocycles. The predicted molar refractivity (Wildman–Crippen MR) is 186 cm³/mol. The smallest absolute Gasteiger partial charge is 0.237 e. The molecule has 0 aromatic heterocycles. The van der Waals surface area contributed by atoms with Gasteiger partial charge in [0.2, 0.25) is 17.7 Å². The van der Waals surface area contributed by atoms with Crippen LogP contribution in [0.4, 0.5) is 5.69 Å². The normalized spacial score (nSPS) is 23.4. The van der Waals surface area contributed by atoms with Gasteiger partial charge in [0.15, 0.2) is 0 Å². The summed E-state index contributed by atoms with van der Waals surface area (Å²) in [5.74, 6) is 0.257. The van der Waals surface area contributed by atoms with E-state index in [-0.39, 0.29) is 41.0 Å². The lowest BCUT2D eigenvalue weighted by molar-refractivity contribution is -0.137. The first-order valence-corrected chi connectivity index (χ1v) is 17.8. The molecule has 4 aliphatic heterocycles. The van der Waals surface area contributed by atoms with Crippen molar-refractivity contribution in [2.24, 2.45) is 5.41 Å². The first kappa shape index (κ1) is 32.6. The second-order valence-corrected chi connectivity index (χ2v) is 15.8. The molecule has 0 radical (unpaired) electrons. The van der Waals surface area contributed by atoms with Crippen LogP contribution in [0.15, 0.2) is 60.8 Å². The number of hydrogen-bond acceptors (Lipinski definition) is 6. The molecule has 246 valence electrons. The Hall–Kier alpha value is -3.30. The third kappa shape index (κ3) is 7.31. The molecule has 0 bridgehead atoms. The highest BCUT2D eigenvalue weighted by Crippen LogP contribution is 2.48. The van der Waals surface area contributed by atoms with Crippen LogP contribution in [0.5, 0.6) is 0 Å². The molecule has 9 heteroatoms. The Morgan fingerprint density at radius 3 is 2.26 bits per heavy atom. The van der Waals surface area contributed by atoms with Crippen LogP contribution in [0.3, 0.4) is 0 Å². The quantitative estimate of drug-likeness (QED) is 0.380. The van der Waals surface area contributed by atoms with Crippen LogP contribution in [0, 0.1) is 5.41 Å². The molecular weight excluding hydrogens is 595 g/mol. The molecule has 2 unspecified atom stereocenters. The lowest BCUT2D eigenvalue weighted by atomic mass is 9.92. The Morgan fingerprint density at radius 1 is 0.891 bits per heavy atom. The van der Waals surface area contributed by atoms with Gasteiger partial charge in [-0.1, -0.05) is 69.3 Å². The third-order valence-electron chi connectivity index (χ3n) is 9.92. The Kier molecular flexibility index (Phi) is 9.80. The largest absolute Gasteiger partial charge is 0.369 e. The van der Waals surface area contributed by atoms with E-state index in [2.05, 4.69) is 61.9 Å². The summed E-state index contributed by atoms with van der Waals surface area (Å²) < 4.78 is 0. The van der Waals surface area contributed by atoms with Crippen LogP contribution in [-0.4, -0.2) is 101 Å². The number of carbonyl (C=O) groups is 3. The van der Waals surface area contributed by atoms with Crippen LogP contribution in [-0.2, 0) is 14.4 Å². The number of piperazine rings is 1. The molecule has 8 nitrogen and oxygen atoms in total. The van der Waals surface area contributed by atoms with Crippen molar-refractivity contribution < 1.29 is 14.4 Å². The van der Waals surface area contributed by atoms with Crippen LogP contribution >= 0.6 is 11.8 Å². The number of rotatable bonds is 8. The molecule has 0 spiro atoms. The Bertz CT molecular complexity index is 1440. The van der Waals surface area contributed by atoms with E-state index in [9.17, 15) is 14.4 Å². The average molecular weight is 644 g/mol. The maximum Gasteiger partial charge on any atom is 0.237 e. The fourth-order valence-electron chi connectivity index (χ4n) is 7.04. The molecule has 6 rings (SSSR count). The van der Waals surface area contributed by atoms with Crippen LogP contribution < -0.4 is 4.90 Å². The van der Waals surface area contributed by atoms with Crippen molar-refractivity contribution in [1.29, 1.82) is 0 Å². The summed E-state index contributed by atoms with van der Waals surface area (Å²) in [7, 11) is 2.16. The van der Waals surface area contributed by atoms with Gasteiger partial charge in [-0.25, -0.2) is 0 Å². The number of carbonyl (C=O) groups excluding carboxylic acids is 3. The summed E-state index contributed by atoms with van der Waals surface area (Å²) in [5, 5.41) is -0.506. The topological polar surface area (TPSA) is 67.4 Å². The van der Waals surface area contributed by atoms with Gasteiger partial charge in [0.1, 0.15) is 5.37 Å². The van der Waals surface area contributed by atoms with E-state index in [1.54, 1.807) is 11.8 Å². The number of nitrogens with zero attached hydrogens (tertiary/aromatic N) is 5. The summed E-state index contributed by atoms with van der Waals surface area (Å²) in [6, 6.07) is 18.7. The van der Waals surface area contributed by atoms with Gasteiger partial charge in [0.05, 0.1) is 11.7 Å². The molecule has 0 saturated carbocycles. The first-order chi connectivity index (χ1) is 22.1. The molecule has 3 saturated heterocycles. The second-order valence-electron chi connectivity index (χ2n) is 14.5. The van der Waals surface area contributed by atoms with Gasteiger partial charge < -0.3 is 24.5 Å². The zero-order valence-corrected chi connectivity index (χ0v) is 28.7. The SMILES string of the molecule is CN1CCN(c2ccccc2C2SC(CC(=O)N3CCC(N4C=C(c5ccccc5)CC4=O)CC3)C(=O)N2CCC(C)(C)C)CC1. The Balaban J connectivity index is 1.12. The standard InChI is InChI=1S/C37H49N5O3S/c1-37(2,3)16-19-41-35(45)32(46-36(41)30-12-8-9-13-31(30)39-22-20-38(4)21-23-39)25-33(43)40-17-14-29(15-18-40)42-26-28(24-34(42)44)27-10-6-5-7-11-27/h5-13,26,29,32,36H,14-25H2,1-4H3. The fraction of sp³-hybridized carbons (Fsp3) is 0.541. The summed E-state index contributed by atoms with van der Waals surface area (Å²) in [6.45, 7) is 12.5.